The van der Waals surface area contributed by atoms with Crippen LogP contribution in [0, 0.1) is 5.41 Å². The standard InChI is InChI=1S/C26H36N2O2S/c1-6-26(7-2,25(27)30-16-19(3)4)18-28-22-10-8-9-11-24(22)31-17-23(28)20-12-14-21(29-5)15-13-20/h8-15,23,25H,3,6-7,16-18,27H2,1-2,4-5H3. The molecule has 2 aromatic rings. The fourth-order valence-corrected chi connectivity index (χ4v) is 5.47. The van der Waals surface area contributed by atoms with Gasteiger partial charge in [0.25, 0.3) is 0 Å². The van der Waals surface area contributed by atoms with Crippen LogP contribution in [-0.4, -0.2) is 32.2 Å². The molecular weight excluding hydrogens is 404 g/mol. The molecule has 31 heavy (non-hydrogen) atoms. The van der Waals surface area contributed by atoms with Crippen LogP contribution in [0.2, 0.25) is 0 Å². The van der Waals surface area contributed by atoms with Gasteiger partial charge in [-0.3, -0.25) is 0 Å². The summed E-state index contributed by atoms with van der Waals surface area (Å²) in [5.41, 5.74) is 10.1. The molecule has 1 heterocycles. The number of hydrogen-bond acceptors (Lipinski definition) is 5. The summed E-state index contributed by atoms with van der Waals surface area (Å²) in [6, 6.07) is 17.4. The summed E-state index contributed by atoms with van der Waals surface area (Å²) >= 11 is 1.92. The zero-order valence-electron chi connectivity index (χ0n) is 19.3. The molecule has 0 fully saturated rings. The van der Waals surface area contributed by atoms with Gasteiger partial charge in [-0.05, 0) is 49.6 Å². The highest BCUT2D eigenvalue weighted by Crippen LogP contribution is 2.46. The van der Waals surface area contributed by atoms with Crippen LogP contribution in [0.25, 0.3) is 0 Å². The molecule has 2 atom stereocenters. The van der Waals surface area contributed by atoms with Crippen LogP contribution in [0.5, 0.6) is 5.75 Å². The Labute approximate surface area is 191 Å². The average Bonchev–Trinajstić information content (AvgIpc) is 2.81. The monoisotopic (exact) mass is 440 g/mol. The van der Waals surface area contributed by atoms with Crippen molar-refractivity contribution in [2.75, 3.05) is 30.9 Å². The SMILES string of the molecule is C=C(C)COC(N)C(CC)(CC)CN1c2ccccc2SCC1c1ccc(OC)cc1. The molecule has 5 heteroatoms. The van der Waals surface area contributed by atoms with Crippen LogP contribution >= 0.6 is 11.8 Å². The van der Waals surface area contributed by atoms with Gasteiger partial charge in [-0.25, -0.2) is 0 Å². The van der Waals surface area contributed by atoms with Crippen LogP contribution in [0.3, 0.4) is 0 Å². The number of thioether (sulfide) groups is 1. The fraction of sp³-hybridized carbons (Fsp3) is 0.462. The van der Waals surface area contributed by atoms with E-state index in [1.807, 2.05) is 30.8 Å². The van der Waals surface area contributed by atoms with Gasteiger partial charge >= 0.3 is 0 Å². The highest BCUT2D eigenvalue weighted by Gasteiger charge is 2.40. The first-order valence-corrected chi connectivity index (χ1v) is 12.1. The number of nitrogens with two attached hydrogens (primary N) is 1. The van der Waals surface area contributed by atoms with Crippen molar-refractivity contribution in [1.82, 2.24) is 0 Å². The lowest BCUT2D eigenvalue weighted by Gasteiger charge is -2.47. The molecule has 2 unspecified atom stereocenters. The summed E-state index contributed by atoms with van der Waals surface area (Å²) in [4.78, 5) is 3.87. The van der Waals surface area contributed by atoms with Crippen molar-refractivity contribution in [3.8, 4) is 5.75 Å². The van der Waals surface area contributed by atoms with Gasteiger partial charge in [-0.15, -0.1) is 11.8 Å². The Balaban J connectivity index is 1.97. The number of methoxy groups -OCH3 is 1. The van der Waals surface area contributed by atoms with Gasteiger partial charge in [0, 0.05) is 22.6 Å². The Morgan fingerprint density at radius 2 is 1.87 bits per heavy atom. The quantitative estimate of drug-likeness (QED) is 0.361. The maximum atomic E-state index is 6.67. The minimum atomic E-state index is -0.350. The van der Waals surface area contributed by atoms with E-state index in [-0.39, 0.29) is 17.7 Å². The number of hydrogen-bond donors (Lipinski definition) is 1. The first kappa shape index (κ1) is 23.7. The molecule has 0 amide bonds. The third-order valence-corrected chi connectivity index (χ3v) is 7.59. The summed E-state index contributed by atoms with van der Waals surface area (Å²) < 4.78 is 11.5. The van der Waals surface area contributed by atoms with Crippen molar-refractivity contribution in [3.05, 3.63) is 66.2 Å². The number of fused-ring (bicyclic) bond motifs is 1. The smallest absolute Gasteiger partial charge is 0.118 e. The largest absolute Gasteiger partial charge is 0.497 e. The average molecular weight is 441 g/mol. The molecule has 0 radical (unpaired) electrons. The topological polar surface area (TPSA) is 47.7 Å². The summed E-state index contributed by atoms with van der Waals surface area (Å²) in [5, 5.41) is 0. The molecule has 4 nitrogen and oxygen atoms in total. The number of anilines is 1. The van der Waals surface area contributed by atoms with Gasteiger partial charge in [0.05, 0.1) is 25.4 Å². The zero-order chi connectivity index (χ0) is 22.4. The van der Waals surface area contributed by atoms with Gasteiger partial charge in [0.15, 0.2) is 0 Å². The van der Waals surface area contributed by atoms with E-state index in [0.29, 0.717) is 6.61 Å². The molecule has 2 aromatic carbocycles. The van der Waals surface area contributed by atoms with Gasteiger partial charge in [0.1, 0.15) is 12.0 Å². The van der Waals surface area contributed by atoms with Crippen molar-refractivity contribution >= 4 is 17.4 Å². The maximum absolute atomic E-state index is 6.67. The molecular formula is C26H36N2O2S. The summed E-state index contributed by atoms with van der Waals surface area (Å²) in [5.74, 6) is 1.88. The van der Waals surface area contributed by atoms with E-state index in [4.69, 9.17) is 15.2 Å². The van der Waals surface area contributed by atoms with E-state index in [9.17, 15) is 0 Å². The second kappa shape index (κ2) is 10.6. The number of nitrogens with zero attached hydrogens (tertiary/aromatic N) is 1. The molecule has 0 aromatic heterocycles. The Bertz CT molecular complexity index is 864. The van der Waals surface area contributed by atoms with Crippen molar-refractivity contribution in [2.24, 2.45) is 11.1 Å². The van der Waals surface area contributed by atoms with Crippen molar-refractivity contribution < 1.29 is 9.47 Å². The second-order valence-corrected chi connectivity index (χ2v) is 9.52. The number of ether oxygens (including phenoxy) is 2. The molecule has 1 aliphatic rings. The van der Waals surface area contributed by atoms with Crippen molar-refractivity contribution in [2.45, 2.75) is 50.8 Å². The van der Waals surface area contributed by atoms with Gasteiger partial charge in [0.2, 0.25) is 0 Å². The minimum Gasteiger partial charge on any atom is -0.497 e. The first-order chi connectivity index (χ1) is 14.9. The van der Waals surface area contributed by atoms with Crippen LogP contribution in [0.1, 0.15) is 45.2 Å². The maximum Gasteiger partial charge on any atom is 0.118 e. The van der Waals surface area contributed by atoms with E-state index in [2.05, 4.69) is 61.7 Å². The molecule has 0 aliphatic carbocycles. The fourth-order valence-electron chi connectivity index (χ4n) is 4.25. The predicted molar refractivity (Wildman–Crippen MR) is 132 cm³/mol. The van der Waals surface area contributed by atoms with Gasteiger partial charge < -0.3 is 20.1 Å². The lowest BCUT2D eigenvalue weighted by Crippen LogP contribution is -2.52. The summed E-state index contributed by atoms with van der Waals surface area (Å²) in [6.07, 6.45) is 1.54. The minimum absolute atomic E-state index is 0.157. The molecule has 0 spiro atoms. The normalized spacial score (nSPS) is 17.2. The molecule has 2 N–H and O–H groups in total. The van der Waals surface area contributed by atoms with Crippen LogP contribution in [0.15, 0.2) is 65.6 Å². The lowest BCUT2D eigenvalue weighted by atomic mass is 9.79. The Morgan fingerprint density at radius 1 is 1.19 bits per heavy atom. The third kappa shape index (κ3) is 5.28. The third-order valence-electron chi connectivity index (χ3n) is 6.45. The van der Waals surface area contributed by atoms with E-state index >= 15 is 0 Å². The van der Waals surface area contributed by atoms with Crippen LogP contribution in [0.4, 0.5) is 5.69 Å². The van der Waals surface area contributed by atoms with Gasteiger partial charge in [-0.1, -0.05) is 50.3 Å². The zero-order valence-corrected chi connectivity index (χ0v) is 20.1. The molecule has 0 saturated heterocycles. The van der Waals surface area contributed by atoms with E-state index in [1.54, 1.807) is 7.11 Å². The van der Waals surface area contributed by atoms with Gasteiger partial charge in [-0.2, -0.15) is 0 Å². The summed E-state index contributed by atoms with van der Waals surface area (Å²) in [7, 11) is 1.71. The Kier molecular flexibility index (Phi) is 8.09. The van der Waals surface area contributed by atoms with E-state index in [1.165, 1.54) is 16.1 Å². The highest BCUT2D eigenvalue weighted by molar-refractivity contribution is 7.99. The number of rotatable bonds is 10. The Morgan fingerprint density at radius 3 is 2.48 bits per heavy atom. The van der Waals surface area contributed by atoms with E-state index in [0.717, 1.165) is 36.5 Å². The lowest BCUT2D eigenvalue weighted by molar-refractivity contribution is -0.0301. The predicted octanol–water partition coefficient (Wildman–Crippen LogP) is 6.03. The number of para-hydroxylation sites is 1. The molecule has 0 bridgehead atoms. The van der Waals surface area contributed by atoms with Crippen LogP contribution < -0.4 is 15.4 Å². The summed E-state index contributed by atoms with van der Waals surface area (Å²) in [6.45, 7) is 11.7. The molecule has 1 aliphatic heterocycles. The highest BCUT2D eigenvalue weighted by atomic mass is 32.2. The van der Waals surface area contributed by atoms with Crippen molar-refractivity contribution in [1.29, 1.82) is 0 Å². The van der Waals surface area contributed by atoms with Crippen LogP contribution in [-0.2, 0) is 4.74 Å². The first-order valence-electron chi connectivity index (χ1n) is 11.1. The van der Waals surface area contributed by atoms with Crippen molar-refractivity contribution in [3.63, 3.8) is 0 Å². The molecule has 168 valence electrons. The molecule has 0 saturated carbocycles. The van der Waals surface area contributed by atoms with E-state index < -0.39 is 0 Å². The molecule has 3 rings (SSSR count). The number of benzene rings is 2. The Hall–Kier alpha value is -1.95. The second-order valence-electron chi connectivity index (χ2n) is 8.45.